The van der Waals surface area contributed by atoms with Crippen LogP contribution in [0.25, 0.3) is 0 Å². The Morgan fingerprint density at radius 2 is 2.22 bits per heavy atom. The molecule has 0 aliphatic carbocycles. The largest absolute Gasteiger partial charge is 0.332 e. The van der Waals surface area contributed by atoms with Gasteiger partial charge < -0.3 is 4.90 Å². The number of thioether (sulfide) groups is 1. The monoisotopic (exact) mass is 333 g/mol. The van der Waals surface area contributed by atoms with Crippen molar-refractivity contribution >= 4 is 17.7 Å². The minimum absolute atomic E-state index is 0.0569. The highest BCUT2D eigenvalue weighted by atomic mass is 32.2. The lowest BCUT2D eigenvalue weighted by atomic mass is 10.1. The second kappa shape index (κ2) is 6.61. The molecular formula is C14H19N7OS. The Balaban J connectivity index is 1.60. The zero-order chi connectivity index (χ0) is 16.4. The van der Waals surface area contributed by atoms with Gasteiger partial charge in [-0.05, 0) is 16.3 Å². The molecule has 0 fully saturated rings. The van der Waals surface area contributed by atoms with E-state index in [1.807, 2.05) is 6.20 Å². The highest BCUT2D eigenvalue weighted by Gasteiger charge is 2.25. The van der Waals surface area contributed by atoms with Crippen LogP contribution in [0, 0.1) is 5.92 Å². The molecular weight excluding hydrogens is 314 g/mol. The van der Waals surface area contributed by atoms with Gasteiger partial charge in [-0.2, -0.15) is 0 Å². The molecule has 23 heavy (non-hydrogen) atoms. The van der Waals surface area contributed by atoms with Gasteiger partial charge in [0, 0.05) is 31.8 Å². The molecule has 0 spiro atoms. The van der Waals surface area contributed by atoms with Crippen molar-refractivity contribution in [2.24, 2.45) is 13.0 Å². The van der Waals surface area contributed by atoms with Crippen LogP contribution >= 0.6 is 11.8 Å². The molecule has 0 radical (unpaired) electrons. The molecule has 0 bridgehead atoms. The molecule has 0 saturated carbocycles. The second-order valence-corrected chi connectivity index (χ2v) is 6.92. The average molecular weight is 333 g/mol. The number of hydrogen-bond acceptors (Lipinski definition) is 7. The summed E-state index contributed by atoms with van der Waals surface area (Å²) >= 11 is 1.34. The fourth-order valence-corrected chi connectivity index (χ4v) is 3.15. The molecule has 3 heterocycles. The van der Waals surface area contributed by atoms with Crippen LogP contribution in [0.15, 0.2) is 11.4 Å². The number of aryl methyl sites for hydroxylation is 1. The number of carbonyl (C=O) groups is 1. The molecule has 0 unspecified atom stereocenters. The van der Waals surface area contributed by atoms with E-state index in [4.69, 9.17) is 0 Å². The molecule has 122 valence electrons. The van der Waals surface area contributed by atoms with Gasteiger partial charge in [-0.3, -0.25) is 4.79 Å². The summed E-state index contributed by atoms with van der Waals surface area (Å²) < 4.78 is 1.56. The van der Waals surface area contributed by atoms with Crippen molar-refractivity contribution in [2.45, 2.75) is 38.5 Å². The maximum Gasteiger partial charge on any atom is 0.233 e. The van der Waals surface area contributed by atoms with E-state index in [0.29, 0.717) is 29.9 Å². The van der Waals surface area contributed by atoms with Crippen molar-refractivity contribution in [1.82, 2.24) is 35.1 Å². The number of nitrogens with zero attached hydrogens (tertiary/aromatic N) is 7. The third kappa shape index (κ3) is 3.66. The molecule has 2 aromatic heterocycles. The zero-order valence-electron chi connectivity index (χ0n) is 13.4. The van der Waals surface area contributed by atoms with Gasteiger partial charge in [0.1, 0.15) is 5.82 Å². The van der Waals surface area contributed by atoms with Gasteiger partial charge in [-0.1, -0.05) is 25.6 Å². The van der Waals surface area contributed by atoms with Crippen LogP contribution in [0.5, 0.6) is 0 Å². The number of amides is 1. The first-order valence-corrected chi connectivity index (χ1v) is 8.48. The number of rotatable bonds is 5. The number of fused-ring (bicyclic) bond motifs is 1. The molecule has 0 atom stereocenters. The first-order chi connectivity index (χ1) is 11.0. The van der Waals surface area contributed by atoms with E-state index < -0.39 is 0 Å². The fourth-order valence-electron chi connectivity index (χ4n) is 2.40. The van der Waals surface area contributed by atoms with Crippen molar-refractivity contribution in [3.63, 3.8) is 0 Å². The summed E-state index contributed by atoms with van der Waals surface area (Å²) in [6, 6.07) is 0. The molecule has 0 N–H and O–H groups in total. The maximum absolute atomic E-state index is 12.4. The Kier molecular flexibility index (Phi) is 4.56. The fraction of sp³-hybridized carbons (Fsp3) is 0.571. The second-order valence-electron chi connectivity index (χ2n) is 5.98. The maximum atomic E-state index is 12.4. The van der Waals surface area contributed by atoms with Crippen molar-refractivity contribution in [1.29, 1.82) is 0 Å². The molecule has 2 aromatic rings. The van der Waals surface area contributed by atoms with Crippen LogP contribution in [0.2, 0.25) is 0 Å². The third-order valence-corrected chi connectivity index (χ3v) is 4.55. The van der Waals surface area contributed by atoms with Crippen LogP contribution in [0.4, 0.5) is 0 Å². The standard InChI is InChI=1S/C14H19N7OS/c1-9(2)4-12-15-5-10-6-21(7-11(10)16-12)13(22)8-23-14-17-18-19-20(14)3/h5,9H,4,6-8H2,1-3H3. The minimum atomic E-state index is 0.0569. The molecule has 8 nitrogen and oxygen atoms in total. The van der Waals surface area contributed by atoms with Crippen LogP contribution in [-0.2, 0) is 31.4 Å². The Labute approximate surface area is 138 Å². The molecule has 1 amide bonds. The van der Waals surface area contributed by atoms with Crippen molar-refractivity contribution in [3.8, 4) is 0 Å². The summed E-state index contributed by atoms with van der Waals surface area (Å²) in [6.07, 6.45) is 2.71. The summed E-state index contributed by atoms with van der Waals surface area (Å²) in [6.45, 7) is 5.42. The van der Waals surface area contributed by atoms with E-state index >= 15 is 0 Å². The van der Waals surface area contributed by atoms with Gasteiger partial charge in [-0.25, -0.2) is 14.6 Å². The normalized spacial score (nSPS) is 13.7. The quantitative estimate of drug-likeness (QED) is 0.749. The molecule has 0 aromatic carbocycles. The lowest BCUT2D eigenvalue weighted by molar-refractivity contribution is -0.128. The third-order valence-electron chi connectivity index (χ3n) is 3.56. The Morgan fingerprint density at radius 3 is 2.91 bits per heavy atom. The van der Waals surface area contributed by atoms with Crippen molar-refractivity contribution < 1.29 is 4.79 Å². The van der Waals surface area contributed by atoms with Gasteiger partial charge in [0.2, 0.25) is 11.1 Å². The highest BCUT2D eigenvalue weighted by molar-refractivity contribution is 7.99. The Hall–Kier alpha value is -2.03. The van der Waals surface area contributed by atoms with Crippen LogP contribution in [-0.4, -0.2) is 46.7 Å². The lowest BCUT2D eigenvalue weighted by Crippen LogP contribution is -2.27. The lowest BCUT2D eigenvalue weighted by Gasteiger charge is -2.14. The van der Waals surface area contributed by atoms with E-state index in [9.17, 15) is 4.79 Å². The minimum Gasteiger partial charge on any atom is -0.332 e. The Bertz CT molecular complexity index is 715. The molecule has 1 aliphatic heterocycles. The zero-order valence-corrected chi connectivity index (χ0v) is 14.2. The van der Waals surface area contributed by atoms with Gasteiger partial charge in [0.15, 0.2) is 0 Å². The van der Waals surface area contributed by atoms with Crippen LogP contribution in [0.1, 0.15) is 30.9 Å². The van der Waals surface area contributed by atoms with E-state index in [1.54, 1.807) is 16.6 Å². The van der Waals surface area contributed by atoms with Crippen molar-refractivity contribution in [3.05, 3.63) is 23.3 Å². The highest BCUT2D eigenvalue weighted by Crippen LogP contribution is 2.22. The summed E-state index contributed by atoms with van der Waals surface area (Å²) in [5, 5.41) is 11.8. The van der Waals surface area contributed by atoms with Gasteiger partial charge >= 0.3 is 0 Å². The van der Waals surface area contributed by atoms with E-state index in [2.05, 4.69) is 39.3 Å². The SMILES string of the molecule is CC(C)Cc1ncc2c(n1)CN(C(=O)CSc1nnnn1C)C2. The summed E-state index contributed by atoms with van der Waals surface area (Å²) in [4.78, 5) is 23.2. The number of tetrazole rings is 1. The number of hydrogen-bond donors (Lipinski definition) is 0. The van der Waals surface area contributed by atoms with Gasteiger partial charge in [0.25, 0.3) is 0 Å². The number of carbonyl (C=O) groups excluding carboxylic acids is 1. The van der Waals surface area contributed by atoms with Crippen molar-refractivity contribution in [2.75, 3.05) is 5.75 Å². The summed E-state index contributed by atoms with van der Waals surface area (Å²) in [5.74, 6) is 1.74. The smallest absolute Gasteiger partial charge is 0.233 e. The molecule has 1 aliphatic rings. The first-order valence-electron chi connectivity index (χ1n) is 7.49. The van der Waals surface area contributed by atoms with E-state index in [1.165, 1.54) is 11.8 Å². The van der Waals surface area contributed by atoms with E-state index in [-0.39, 0.29) is 5.91 Å². The van der Waals surface area contributed by atoms with Gasteiger partial charge in [-0.15, -0.1) is 5.10 Å². The summed E-state index contributed by atoms with van der Waals surface area (Å²) in [5.41, 5.74) is 2.01. The first kappa shape index (κ1) is 15.9. The predicted octanol–water partition coefficient (Wildman–Crippen LogP) is 0.833. The van der Waals surface area contributed by atoms with Crippen LogP contribution in [0.3, 0.4) is 0 Å². The molecule has 0 saturated heterocycles. The average Bonchev–Trinajstić information content (AvgIpc) is 3.09. The molecule has 3 rings (SSSR count). The molecule has 9 heteroatoms. The Morgan fingerprint density at radius 1 is 1.39 bits per heavy atom. The number of aromatic nitrogens is 6. The predicted molar refractivity (Wildman–Crippen MR) is 84.4 cm³/mol. The topological polar surface area (TPSA) is 89.7 Å². The van der Waals surface area contributed by atoms with Gasteiger partial charge in [0.05, 0.1) is 18.0 Å². The van der Waals surface area contributed by atoms with Crippen LogP contribution < -0.4 is 0 Å². The van der Waals surface area contributed by atoms with E-state index in [0.717, 1.165) is 23.5 Å². The summed E-state index contributed by atoms with van der Waals surface area (Å²) in [7, 11) is 1.75.